The van der Waals surface area contributed by atoms with Crippen molar-refractivity contribution in [3.63, 3.8) is 0 Å². The molecule has 0 aliphatic carbocycles. The minimum absolute atomic E-state index is 0.113. The van der Waals surface area contributed by atoms with E-state index in [-0.39, 0.29) is 30.8 Å². The lowest BCUT2D eigenvalue weighted by Crippen LogP contribution is -2.42. The molecule has 0 bridgehead atoms. The molecule has 0 saturated heterocycles. The van der Waals surface area contributed by atoms with Crippen LogP contribution in [0, 0.1) is 34.6 Å². The van der Waals surface area contributed by atoms with Crippen molar-refractivity contribution in [3.05, 3.63) is 380 Å². The summed E-state index contributed by atoms with van der Waals surface area (Å²) < 4.78 is 31.8. The Labute approximate surface area is 787 Å². The summed E-state index contributed by atoms with van der Waals surface area (Å²) in [5.74, 6) is 0. The van der Waals surface area contributed by atoms with Crippen molar-refractivity contribution in [1.29, 1.82) is 0 Å². The zero-order valence-corrected chi connectivity index (χ0v) is 79.0. The van der Waals surface area contributed by atoms with Crippen LogP contribution in [-0.2, 0) is 0 Å². The van der Waals surface area contributed by atoms with E-state index in [2.05, 4.69) is 450 Å². The summed E-state index contributed by atoms with van der Waals surface area (Å²) in [6.07, 6.45) is 5.25. The van der Waals surface area contributed by atoms with Crippen molar-refractivity contribution < 1.29 is 22.1 Å². The Kier molecular flexibility index (Phi) is 21.4. The fourth-order valence-electron chi connectivity index (χ4n) is 21.9. The molecule has 5 aliphatic heterocycles. The average Bonchev–Trinajstić information content (AvgIpc) is 1.59. The molecule has 5 aromatic heterocycles. The van der Waals surface area contributed by atoms with E-state index in [9.17, 15) is 0 Å². The first kappa shape index (κ1) is 84.8. The number of nitrogens with zero attached hydrogens (tertiary/aromatic N) is 10. The van der Waals surface area contributed by atoms with E-state index in [0.717, 1.165) is 83.7 Å². The molecule has 135 heavy (non-hydrogen) atoms. The van der Waals surface area contributed by atoms with E-state index in [1.165, 1.54) is 139 Å². The molecule has 0 radical (unpaired) electrons. The summed E-state index contributed by atoms with van der Waals surface area (Å²) in [6, 6.07) is 120. The third kappa shape index (κ3) is 14.1. The lowest BCUT2D eigenvalue weighted by Gasteiger charge is -2.33. The molecule has 0 amide bonds. The number of para-hydroxylation sites is 15. The van der Waals surface area contributed by atoms with Gasteiger partial charge in [-0.1, -0.05) is 237 Å². The molecular formula is C120H110N10O5. The largest absolute Gasteiger partial charge is 0.454 e. The van der Waals surface area contributed by atoms with Gasteiger partial charge in [-0.05, 0) is 228 Å². The van der Waals surface area contributed by atoms with Crippen LogP contribution in [0.2, 0.25) is 0 Å². The second-order valence-corrected chi connectivity index (χ2v) is 36.9. The highest BCUT2D eigenvalue weighted by Gasteiger charge is 2.42. The van der Waals surface area contributed by atoms with Crippen LogP contribution in [0.1, 0.15) is 90.1 Å². The van der Waals surface area contributed by atoms with Gasteiger partial charge in [-0.25, -0.2) is 0 Å². The maximum atomic E-state index is 6.42. The summed E-state index contributed by atoms with van der Waals surface area (Å²) >= 11 is 0. The SMILES string of the molecule is Cc1ccc2c(oc3ccccc32)c1N1C=CN(c2ccccc2)C1C.Cc1ccc2c(oc3ccccc32)c1N1c2ccccc2N(C(C)C)C1C.Cc1ccc2c(oc3ccccc32)c1N1c2ccccc2N(C(C)C)C1C.Cc1ccc2c(oc3ccccc32)c1N1c2ccccc2N(C)C1C.Cc1ccc2c(oc3ccccc32)c1N1c2ccccc2N(c2ccccc2)C1C. The van der Waals surface area contributed by atoms with Gasteiger partial charge in [-0.15, -0.1) is 0 Å². The molecule has 16 aromatic carbocycles. The molecule has 0 saturated carbocycles. The zero-order chi connectivity index (χ0) is 92.5. The molecule has 5 atom stereocenters. The average molecular weight is 1770 g/mol. The van der Waals surface area contributed by atoms with Crippen molar-refractivity contribution in [2.45, 2.75) is 140 Å². The normalized spacial score (nSPS) is 16.6. The summed E-state index contributed by atoms with van der Waals surface area (Å²) in [5.41, 5.74) is 33.8. The Morgan fingerprint density at radius 3 is 0.793 bits per heavy atom. The first-order valence-corrected chi connectivity index (χ1v) is 47.3. The van der Waals surface area contributed by atoms with Crippen LogP contribution < -0.4 is 49.0 Å². The van der Waals surface area contributed by atoms with Crippen molar-refractivity contribution in [2.24, 2.45) is 0 Å². The standard InChI is InChI=1S/C27H22N2O.2C24H24N2O.C23H20N2O.C22H20N2O/c1-18-16-17-22-21-12-6-9-15-25(21)30-27(22)26(18)29-19(2)28(20-10-4-3-5-11-20)23-13-7-8-14-24(23)29;2*1-15(2)25-17(4)26(21-11-7-6-10-20(21)25)23-16(3)13-14-19-18-9-5-8-12-22(18)27-24(19)23;1-16-12-13-20-19-10-6-7-11-21(19)26-23(20)22(16)25-15-14-24(17(25)2)18-8-4-3-5-9-18;1-14-12-13-17-16-8-4-7-11-20(16)25-22(17)21(14)24-15(2)23(3)18-9-5-6-10-19(18)24/h3-17,19H,1-2H3;2*5-15,17H,1-4H3;3-15,17H,1-2H3;4-13,15H,1-3H3. The van der Waals surface area contributed by atoms with Gasteiger partial charge in [-0.3, -0.25) is 0 Å². The van der Waals surface area contributed by atoms with Gasteiger partial charge in [-0.2, -0.15) is 0 Å². The van der Waals surface area contributed by atoms with Gasteiger partial charge in [0.05, 0.1) is 73.9 Å². The molecule has 5 aliphatic rings. The highest BCUT2D eigenvalue weighted by atomic mass is 16.3. The van der Waals surface area contributed by atoms with Crippen molar-refractivity contribution >= 4 is 195 Å². The van der Waals surface area contributed by atoms with Gasteiger partial charge in [0.15, 0.2) is 27.9 Å². The molecule has 0 N–H and O–H groups in total. The van der Waals surface area contributed by atoms with Crippen LogP contribution in [0.15, 0.2) is 374 Å². The first-order chi connectivity index (χ1) is 65.8. The van der Waals surface area contributed by atoms with Crippen LogP contribution >= 0.6 is 0 Å². The minimum Gasteiger partial charge on any atom is -0.454 e. The zero-order valence-electron chi connectivity index (χ0n) is 79.0. The van der Waals surface area contributed by atoms with Crippen molar-refractivity contribution in [3.8, 4) is 0 Å². The summed E-state index contributed by atoms with van der Waals surface area (Å²) in [5, 5.41) is 11.7. The fourth-order valence-corrected chi connectivity index (χ4v) is 21.9. The van der Waals surface area contributed by atoms with Gasteiger partial charge in [0, 0.05) is 96.8 Å². The van der Waals surface area contributed by atoms with Crippen molar-refractivity contribution in [1.82, 2.24) is 0 Å². The Morgan fingerprint density at radius 1 is 0.207 bits per heavy atom. The van der Waals surface area contributed by atoms with E-state index in [0.29, 0.717) is 12.1 Å². The molecule has 0 spiro atoms. The maximum Gasteiger partial charge on any atom is 0.159 e. The van der Waals surface area contributed by atoms with Gasteiger partial charge in [0.1, 0.15) is 58.7 Å². The highest BCUT2D eigenvalue weighted by Crippen LogP contribution is 2.56. The number of anilines is 15. The number of hydrogen-bond acceptors (Lipinski definition) is 15. The predicted molar refractivity (Wildman–Crippen MR) is 567 cm³/mol. The van der Waals surface area contributed by atoms with Gasteiger partial charge in [0.25, 0.3) is 0 Å². The number of hydrogen-bond donors (Lipinski definition) is 0. The first-order valence-electron chi connectivity index (χ1n) is 47.3. The Bertz CT molecular complexity index is 7960. The van der Waals surface area contributed by atoms with E-state index in [1.54, 1.807) is 0 Å². The van der Waals surface area contributed by atoms with Gasteiger partial charge in [0.2, 0.25) is 0 Å². The molecular weight excluding hydrogens is 1660 g/mol. The Hall–Kier alpha value is -15.7. The van der Waals surface area contributed by atoms with E-state index < -0.39 is 0 Å². The molecule has 26 rings (SSSR count). The lowest BCUT2D eigenvalue weighted by atomic mass is 10.1. The van der Waals surface area contributed by atoms with Gasteiger partial charge < -0.3 is 71.1 Å². The third-order valence-corrected chi connectivity index (χ3v) is 28.2. The number of rotatable bonds is 9. The summed E-state index contributed by atoms with van der Waals surface area (Å²) in [7, 11) is 2.15. The lowest BCUT2D eigenvalue weighted by molar-refractivity contribution is 0.603. The number of benzene rings is 16. The highest BCUT2D eigenvalue weighted by molar-refractivity contribution is 6.16. The second kappa shape index (κ2) is 34.1. The third-order valence-electron chi connectivity index (χ3n) is 28.2. The summed E-state index contributed by atoms with van der Waals surface area (Å²) in [4.78, 5) is 24.0. The number of aryl methyl sites for hydroxylation is 5. The molecule has 5 unspecified atom stereocenters. The van der Waals surface area contributed by atoms with Crippen LogP contribution in [0.25, 0.3) is 110 Å². The fraction of sp³-hybridized carbons (Fsp3) is 0.183. The van der Waals surface area contributed by atoms with E-state index >= 15 is 0 Å². The number of fused-ring (bicyclic) bond motifs is 19. The monoisotopic (exact) mass is 1770 g/mol. The minimum atomic E-state index is 0.113. The topological polar surface area (TPSA) is 98.1 Å². The predicted octanol–water partition coefficient (Wildman–Crippen LogP) is 32.6. The molecule has 10 heterocycles. The molecule has 21 aromatic rings. The quantitative estimate of drug-likeness (QED) is 0.137. The Balaban J connectivity index is 0.0000000981. The van der Waals surface area contributed by atoms with Crippen LogP contribution in [0.5, 0.6) is 0 Å². The molecule has 0 fully saturated rings. The van der Waals surface area contributed by atoms with Crippen LogP contribution in [0.3, 0.4) is 0 Å². The Morgan fingerprint density at radius 2 is 0.452 bits per heavy atom. The smallest absolute Gasteiger partial charge is 0.159 e. The van der Waals surface area contributed by atoms with Crippen LogP contribution in [0.4, 0.5) is 85.3 Å². The maximum absolute atomic E-state index is 6.42. The van der Waals surface area contributed by atoms with E-state index in [1.807, 2.05) is 54.6 Å². The molecule has 15 heteroatoms. The van der Waals surface area contributed by atoms with Crippen molar-refractivity contribution in [2.75, 3.05) is 56.0 Å². The second-order valence-electron chi connectivity index (χ2n) is 36.9. The molecule has 670 valence electrons. The molecule has 15 nitrogen and oxygen atoms in total. The summed E-state index contributed by atoms with van der Waals surface area (Å²) in [6.45, 7) is 31.1. The van der Waals surface area contributed by atoms with Gasteiger partial charge >= 0.3 is 0 Å². The number of furan rings is 5. The van der Waals surface area contributed by atoms with Crippen LogP contribution in [-0.4, -0.2) is 50.0 Å². The van der Waals surface area contributed by atoms with E-state index in [4.69, 9.17) is 22.1 Å².